The van der Waals surface area contributed by atoms with Gasteiger partial charge in [-0.1, -0.05) is 5.16 Å². The van der Waals surface area contributed by atoms with E-state index in [1.54, 1.807) is 18.2 Å². The van der Waals surface area contributed by atoms with Crippen LogP contribution in [0, 0.1) is 0 Å². The summed E-state index contributed by atoms with van der Waals surface area (Å²) in [5.41, 5.74) is 0.813. The Kier molecular flexibility index (Phi) is 3.87. The Morgan fingerprint density at radius 3 is 2.72 bits per heavy atom. The smallest absolute Gasteiger partial charge is 0.273 e. The number of benzene rings is 1. The highest BCUT2D eigenvalue weighted by Gasteiger charge is 2.30. The molecule has 2 aromatic rings. The number of rotatable bonds is 3. The van der Waals surface area contributed by atoms with Crippen LogP contribution in [0.2, 0.25) is 0 Å². The molecule has 1 fully saturated rings. The Bertz CT molecular complexity index is 920. The molecule has 0 aliphatic carbocycles. The summed E-state index contributed by atoms with van der Waals surface area (Å²) >= 11 is 0. The van der Waals surface area contributed by atoms with Crippen LogP contribution >= 0.6 is 0 Å². The van der Waals surface area contributed by atoms with Gasteiger partial charge < -0.3 is 19.3 Å². The fraction of sp³-hybridized carbons (Fsp3) is 0.375. The second kappa shape index (κ2) is 6.07. The van der Waals surface area contributed by atoms with Crippen LogP contribution in [0.3, 0.4) is 0 Å². The Hall–Kier alpha value is -2.55. The van der Waals surface area contributed by atoms with E-state index in [9.17, 15) is 13.2 Å². The maximum atomic E-state index is 12.2. The summed E-state index contributed by atoms with van der Waals surface area (Å²) in [6.45, 7) is 0.987. The fourth-order valence-electron chi connectivity index (χ4n) is 2.88. The second-order valence-electron chi connectivity index (χ2n) is 6.01. The van der Waals surface area contributed by atoms with Crippen molar-refractivity contribution in [3.05, 3.63) is 30.0 Å². The first kappa shape index (κ1) is 15.9. The van der Waals surface area contributed by atoms with Crippen molar-refractivity contribution in [1.82, 2.24) is 10.5 Å². The van der Waals surface area contributed by atoms with E-state index in [1.807, 2.05) is 0 Å². The minimum atomic E-state index is -3.05. The molecule has 0 radical (unpaired) electrons. The molecule has 4 rings (SSSR count). The fourth-order valence-corrected chi connectivity index (χ4v) is 4.56. The highest BCUT2D eigenvalue weighted by atomic mass is 32.2. The summed E-state index contributed by atoms with van der Waals surface area (Å²) < 4.78 is 39.1. The van der Waals surface area contributed by atoms with Crippen molar-refractivity contribution < 1.29 is 27.2 Å². The van der Waals surface area contributed by atoms with Gasteiger partial charge in [-0.25, -0.2) is 8.42 Å². The molecule has 0 spiro atoms. The number of ether oxygens (including phenoxy) is 2. The standard InChI is InChI=1S/C16H16N2O6S/c19-16(17-11-3-6-25(20,21)9-11)12-8-14(24-18-12)10-1-2-13-15(7-10)23-5-4-22-13/h1-2,7-8,11H,3-6,9H2,(H,17,19). The van der Waals surface area contributed by atoms with E-state index < -0.39 is 15.7 Å². The van der Waals surface area contributed by atoms with Gasteiger partial charge in [-0.05, 0) is 24.6 Å². The lowest BCUT2D eigenvalue weighted by atomic mass is 10.1. The van der Waals surface area contributed by atoms with Crippen molar-refractivity contribution in [2.24, 2.45) is 0 Å². The zero-order valence-corrected chi connectivity index (χ0v) is 14.0. The van der Waals surface area contributed by atoms with Crippen LogP contribution in [-0.2, 0) is 9.84 Å². The van der Waals surface area contributed by atoms with E-state index in [0.717, 1.165) is 0 Å². The molecular formula is C16H16N2O6S. The number of nitrogens with one attached hydrogen (secondary N) is 1. The van der Waals surface area contributed by atoms with Crippen LogP contribution < -0.4 is 14.8 Å². The van der Waals surface area contributed by atoms with Crippen molar-refractivity contribution in [3.63, 3.8) is 0 Å². The topological polar surface area (TPSA) is 108 Å². The number of aromatic nitrogens is 1. The summed E-state index contributed by atoms with van der Waals surface area (Å²) in [7, 11) is -3.05. The van der Waals surface area contributed by atoms with Crippen molar-refractivity contribution in [2.75, 3.05) is 24.7 Å². The maximum absolute atomic E-state index is 12.2. The van der Waals surface area contributed by atoms with E-state index in [1.165, 1.54) is 6.07 Å². The predicted octanol–water partition coefficient (Wildman–Crippen LogP) is 1.03. The van der Waals surface area contributed by atoms with Crippen molar-refractivity contribution >= 4 is 15.7 Å². The zero-order chi connectivity index (χ0) is 17.4. The first-order valence-corrected chi connectivity index (χ1v) is 9.70. The molecule has 2 aliphatic rings. The number of hydrogen-bond donors (Lipinski definition) is 1. The van der Waals surface area contributed by atoms with Crippen molar-refractivity contribution in [3.8, 4) is 22.8 Å². The number of nitrogens with zero attached hydrogens (tertiary/aromatic N) is 1. The zero-order valence-electron chi connectivity index (χ0n) is 13.2. The minimum absolute atomic E-state index is 0.0361. The van der Waals surface area contributed by atoms with Gasteiger partial charge in [-0.15, -0.1) is 0 Å². The van der Waals surface area contributed by atoms with Gasteiger partial charge in [0, 0.05) is 17.7 Å². The number of carbonyl (C=O) groups is 1. The van der Waals surface area contributed by atoms with Crippen LogP contribution in [0.15, 0.2) is 28.8 Å². The molecular weight excluding hydrogens is 348 g/mol. The molecule has 25 heavy (non-hydrogen) atoms. The minimum Gasteiger partial charge on any atom is -0.486 e. The molecule has 1 saturated heterocycles. The Labute approximate surface area is 144 Å². The van der Waals surface area contributed by atoms with Gasteiger partial charge in [0.2, 0.25) is 0 Å². The second-order valence-corrected chi connectivity index (χ2v) is 8.24. The summed E-state index contributed by atoms with van der Waals surface area (Å²) in [5.74, 6) is 1.30. The summed E-state index contributed by atoms with van der Waals surface area (Å²) in [4.78, 5) is 12.2. The molecule has 0 bridgehead atoms. The largest absolute Gasteiger partial charge is 0.486 e. The summed E-state index contributed by atoms with van der Waals surface area (Å²) in [6, 6.07) is 6.46. The van der Waals surface area contributed by atoms with Crippen LogP contribution in [0.5, 0.6) is 11.5 Å². The third-order valence-electron chi connectivity index (χ3n) is 4.14. The number of fused-ring (bicyclic) bond motifs is 1. The van der Waals surface area contributed by atoms with Gasteiger partial charge in [0.25, 0.3) is 5.91 Å². The van der Waals surface area contributed by atoms with Crippen molar-refractivity contribution in [1.29, 1.82) is 0 Å². The van der Waals surface area contributed by atoms with Crippen LogP contribution in [0.4, 0.5) is 0 Å². The first-order chi connectivity index (χ1) is 12.0. The number of sulfone groups is 1. The number of hydrogen-bond acceptors (Lipinski definition) is 7. The molecule has 1 amide bonds. The quantitative estimate of drug-likeness (QED) is 0.866. The first-order valence-electron chi connectivity index (χ1n) is 7.88. The van der Waals surface area contributed by atoms with E-state index >= 15 is 0 Å². The predicted molar refractivity (Wildman–Crippen MR) is 87.5 cm³/mol. The Morgan fingerprint density at radius 2 is 1.96 bits per heavy atom. The molecule has 3 heterocycles. The molecule has 1 N–H and O–H groups in total. The molecule has 1 atom stereocenters. The number of carbonyl (C=O) groups excluding carboxylic acids is 1. The average Bonchev–Trinajstić information content (AvgIpc) is 3.21. The normalized spacial score (nSPS) is 21.0. The van der Waals surface area contributed by atoms with E-state index in [0.29, 0.717) is 42.5 Å². The Morgan fingerprint density at radius 1 is 1.16 bits per heavy atom. The average molecular weight is 364 g/mol. The van der Waals surface area contributed by atoms with Crippen LogP contribution in [0.1, 0.15) is 16.9 Å². The van der Waals surface area contributed by atoms with E-state index in [4.69, 9.17) is 14.0 Å². The molecule has 1 aromatic heterocycles. The molecule has 9 heteroatoms. The third kappa shape index (κ3) is 3.32. The van der Waals surface area contributed by atoms with Gasteiger partial charge in [-0.3, -0.25) is 4.79 Å². The van der Waals surface area contributed by atoms with Gasteiger partial charge in [0.15, 0.2) is 32.8 Å². The molecule has 132 valence electrons. The summed E-state index contributed by atoms with van der Waals surface area (Å²) in [5, 5.41) is 6.45. The molecule has 8 nitrogen and oxygen atoms in total. The molecule has 2 aliphatic heterocycles. The SMILES string of the molecule is O=C(NC1CCS(=O)(=O)C1)c1cc(-c2ccc3c(c2)OCCO3)on1. The molecule has 1 aromatic carbocycles. The lowest BCUT2D eigenvalue weighted by molar-refractivity contribution is 0.0932. The van der Waals surface area contributed by atoms with Gasteiger partial charge >= 0.3 is 0 Å². The highest BCUT2D eigenvalue weighted by Crippen LogP contribution is 2.34. The van der Waals surface area contributed by atoms with E-state index in [2.05, 4.69) is 10.5 Å². The highest BCUT2D eigenvalue weighted by molar-refractivity contribution is 7.91. The monoisotopic (exact) mass is 364 g/mol. The molecule has 1 unspecified atom stereocenters. The lowest BCUT2D eigenvalue weighted by Crippen LogP contribution is -2.35. The molecule has 0 saturated carbocycles. The van der Waals surface area contributed by atoms with Crippen LogP contribution in [0.25, 0.3) is 11.3 Å². The summed E-state index contributed by atoms with van der Waals surface area (Å²) in [6.07, 6.45) is 0.418. The third-order valence-corrected chi connectivity index (χ3v) is 5.91. The Balaban J connectivity index is 1.49. The van der Waals surface area contributed by atoms with E-state index in [-0.39, 0.29) is 23.2 Å². The maximum Gasteiger partial charge on any atom is 0.273 e. The van der Waals surface area contributed by atoms with Gasteiger partial charge in [-0.2, -0.15) is 0 Å². The van der Waals surface area contributed by atoms with Crippen molar-refractivity contribution in [2.45, 2.75) is 12.5 Å². The van der Waals surface area contributed by atoms with Crippen LogP contribution in [-0.4, -0.2) is 50.2 Å². The van der Waals surface area contributed by atoms with Gasteiger partial charge in [0.05, 0.1) is 11.5 Å². The lowest BCUT2D eigenvalue weighted by Gasteiger charge is -2.18. The number of amides is 1. The van der Waals surface area contributed by atoms with Gasteiger partial charge in [0.1, 0.15) is 13.2 Å².